The van der Waals surface area contributed by atoms with E-state index in [9.17, 15) is 14.9 Å². The molecule has 132 valence electrons. The first kappa shape index (κ1) is 18.2. The number of hydrogen-bond acceptors (Lipinski definition) is 5. The van der Waals surface area contributed by atoms with Crippen LogP contribution in [0.5, 0.6) is 5.75 Å². The van der Waals surface area contributed by atoms with Crippen molar-refractivity contribution in [1.29, 1.82) is 0 Å². The van der Waals surface area contributed by atoms with Crippen molar-refractivity contribution in [2.24, 2.45) is 5.41 Å². The Labute approximate surface area is 141 Å². The number of nitrogens with zero attached hydrogens (tertiary/aromatic N) is 2. The molecule has 1 aromatic rings. The SMILES string of the molecule is CC(C)(C)C(=O)N1[C@@H](COc2cccc([N+](=O)[O-])c2)COC1(C)C. The van der Waals surface area contributed by atoms with Crippen molar-refractivity contribution in [3.8, 4) is 5.75 Å². The Kier molecular flexibility index (Phi) is 4.85. The Morgan fingerprint density at radius 3 is 2.71 bits per heavy atom. The highest BCUT2D eigenvalue weighted by Gasteiger charge is 2.46. The van der Waals surface area contributed by atoms with Crippen LogP contribution in [0.15, 0.2) is 24.3 Å². The van der Waals surface area contributed by atoms with Gasteiger partial charge in [0.2, 0.25) is 5.91 Å². The molecule has 7 nitrogen and oxygen atoms in total. The summed E-state index contributed by atoms with van der Waals surface area (Å²) in [6, 6.07) is 5.76. The lowest BCUT2D eigenvalue weighted by atomic mass is 9.93. The minimum absolute atomic E-state index is 0.0161. The topological polar surface area (TPSA) is 81.9 Å². The normalized spacial score (nSPS) is 20.0. The van der Waals surface area contributed by atoms with Crippen LogP contribution in [0.1, 0.15) is 34.6 Å². The average Bonchev–Trinajstić information content (AvgIpc) is 2.78. The standard InChI is InChI=1S/C17H24N2O5/c1-16(2,3)15(20)18-13(11-24-17(18,4)5)10-23-14-8-6-7-12(9-14)19(21)22/h6-9,13H,10-11H2,1-5H3/t13-/m0/s1. The summed E-state index contributed by atoms with van der Waals surface area (Å²) in [6.07, 6.45) is 0. The molecule has 1 aliphatic heterocycles. The molecule has 0 unspecified atom stereocenters. The summed E-state index contributed by atoms with van der Waals surface area (Å²) < 4.78 is 11.4. The molecule has 0 saturated carbocycles. The number of amides is 1. The van der Waals surface area contributed by atoms with Crippen molar-refractivity contribution < 1.29 is 19.2 Å². The molecule has 0 aliphatic carbocycles. The number of ether oxygens (including phenoxy) is 2. The molecule has 0 aromatic heterocycles. The van der Waals surface area contributed by atoms with Gasteiger partial charge in [-0.25, -0.2) is 0 Å². The van der Waals surface area contributed by atoms with Crippen molar-refractivity contribution in [1.82, 2.24) is 4.90 Å². The summed E-state index contributed by atoms with van der Waals surface area (Å²) >= 11 is 0. The van der Waals surface area contributed by atoms with Gasteiger partial charge in [0, 0.05) is 11.5 Å². The van der Waals surface area contributed by atoms with Gasteiger partial charge in [0.15, 0.2) is 0 Å². The Morgan fingerprint density at radius 2 is 2.12 bits per heavy atom. The zero-order valence-electron chi connectivity index (χ0n) is 14.7. The van der Waals surface area contributed by atoms with E-state index in [1.54, 1.807) is 17.0 Å². The Hall–Kier alpha value is -2.15. The Morgan fingerprint density at radius 1 is 1.46 bits per heavy atom. The fraction of sp³-hybridized carbons (Fsp3) is 0.588. The Balaban J connectivity index is 2.12. The molecule has 0 radical (unpaired) electrons. The van der Waals surface area contributed by atoms with E-state index in [0.717, 1.165) is 0 Å². The molecule has 1 heterocycles. The van der Waals surface area contributed by atoms with E-state index in [1.807, 2.05) is 34.6 Å². The van der Waals surface area contributed by atoms with Crippen molar-refractivity contribution >= 4 is 11.6 Å². The second-order valence-corrected chi connectivity index (χ2v) is 7.40. The summed E-state index contributed by atoms with van der Waals surface area (Å²) in [6.45, 7) is 9.87. The van der Waals surface area contributed by atoms with Gasteiger partial charge in [-0.15, -0.1) is 0 Å². The summed E-state index contributed by atoms with van der Waals surface area (Å²) in [5.41, 5.74) is -1.27. The van der Waals surface area contributed by atoms with Gasteiger partial charge in [-0.3, -0.25) is 14.9 Å². The van der Waals surface area contributed by atoms with E-state index in [0.29, 0.717) is 12.4 Å². The smallest absolute Gasteiger partial charge is 0.273 e. The maximum atomic E-state index is 12.7. The second kappa shape index (κ2) is 6.39. The minimum Gasteiger partial charge on any atom is -0.491 e. The molecule has 1 saturated heterocycles. The lowest BCUT2D eigenvalue weighted by Gasteiger charge is -2.37. The molecule has 24 heavy (non-hydrogen) atoms. The molecular weight excluding hydrogens is 312 g/mol. The third kappa shape index (κ3) is 3.84. The maximum absolute atomic E-state index is 12.7. The molecule has 0 spiro atoms. The molecule has 1 fully saturated rings. The third-order valence-electron chi connectivity index (χ3n) is 3.91. The molecule has 7 heteroatoms. The van der Waals surface area contributed by atoms with Crippen LogP contribution in [0.4, 0.5) is 5.69 Å². The first-order valence-electron chi connectivity index (χ1n) is 7.87. The summed E-state index contributed by atoms with van der Waals surface area (Å²) in [4.78, 5) is 24.8. The molecule has 1 atom stereocenters. The number of benzene rings is 1. The fourth-order valence-electron chi connectivity index (χ4n) is 2.66. The van der Waals surface area contributed by atoms with Gasteiger partial charge in [0.25, 0.3) is 5.69 Å². The van der Waals surface area contributed by atoms with Crippen LogP contribution in [-0.4, -0.2) is 40.7 Å². The Bertz CT molecular complexity index is 636. The average molecular weight is 336 g/mol. The number of non-ortho nitro benzene ring substituents is 1. The number of carbonyl (C=O) groups is 1. The van der Waals surface area contributed by atoms with Crippen molar-refractivity contribution in [3.63, 3.8) is 0 Å². The van der Waals surface area contributed by atoms with E-state index in [-0.39, 0.29) is 24.2 Å². The van der Waals surface area contributed by atoms with Gasteiger partial charge in [-0.1, -0.05) is 26.8 Å². The highest BCUT2D eigenvalue weighted by atomic mass is 16.6. The summed E-state index contributed by atoms with van der Waals surface area (Å²) in [5, 5.41) is 10.8. The van der Waals surface area contributed by atoms with E-state index in [2.05, 4.69) is 0 Å². The van der Waals surface area contributed by atoms with Gasteiger partial charge in [0.05, 0.1) is 23.6 Å². The molecular formula is C17H24N2O5. The lowest BCUT2D eigenvalue weighted by molar-refractivity contribution is -0.384. The van der Waals surface area contributed by atoms with Gasteiger partial charge in [0.1, 0.15) is 18.1 Å². The molecule has 1 amide bonds. The molecule has 0 bridgehead atoms. The van der Waals surface area contributed by atoms with Crippen LogP contribution in [-0.2, 0) is 9.53 Å². The monoisotopic (exact) mass is 336 g/mol. The highest BCUT2D eigenvalue weighted by molar-refractivity contribution is 5.82. The molecule has 0 N–H and O–H groups in total. The highest BCUT2D eigenvalue weighted by Crippen LogP contribution is 2.32. The van der Waals surface area contributed by atoms with Crippen molar-refractivity contribution in [3.05, 3.63) is 34.4 Å². The van der Waals surface area contributed by atoms with E-state index in [4.69, 9.17) is 9.47 Å². The third-order valence-corrected chi connectivity index (χ3v) is 3.91. The van der Waals surface area contributed by atoms with Crippen LogP contribution in [0.2, 0.25) is 0 Å². The zero-order valence-corrected chi connectivity index (χ0v) is 14.7. The zero-order chi connectivity index (χ0) is 18.1. The second-order valence-electron chi connectivity index (χ2n) is 7.40. The van der Waals surface area contributed by atoms with Crippen LogP contribution < -0.4 is 4.74 Å². The largest absolute Gasteiger partial charge is 0.491 e. The molecule has 1 aromatic carbocycles. The van der Waals surface area contributed by atoms with Gasteiger partial charge < -0.3 is 14.4 Å². The van der Waals surface area contributed by atoms with Gasteiger partial charge >= 0.3 is 0 Å². The predicted octanol–water partition coefficient (Wildman–Crippen LogP) is 2.98. The van der Waals surface area contributed by atoms with Crippen molar-refractivity contribution in [2.45, 2.75) is 46.4 Å². The van der Waals surface area contributed by atoms with E-state index >= 15 is 0 Å². The number of nitro benzene ring substituents is 1. The van der Waals surface area contributed by atoms with Gasteiger partial charge in [-0.05, 0) is 19.9 Å². The quantitative estimate of drug-likeness (QED) is 0.623. The number of nitro groups is 1. The summed E-state index contributed by atoms with van der Waals surface area (Å²) in [7, 11) is 0. The first-order valence-corrected chi connectivity index (χ1v) is 7.87. The number of carbonyl (C=O) groups excluding carboxylic acids is 1. The van der Waals surface area contributed by atoms with Crippen LogP contribution in [0.25, 0.3) is 0 Å². The maximum Gasteiger partial charge on any atom is 0.273 e. The fourth-order valence-corrected chi connectivity index (χ4v) is 2.66. The molecule has 2 rings (SSSR count). The van der Waals surface area contributed by atoms with E-state index < -0.39 is 16.1 Å². The van der Waals surface area contributed by atoms with Crippen molar-refractivity contribution in [2.75, 3.05) is 13.2 Å². The van der Waals surface area contributed by atoms with Gasteiger partial charge in [-0.2, -0.15) is 0 Å². The van der Waals surface area contributed by atoms with Crippen LogP contribution >= 0.6 is 0 Å². The first-order chi connectivity index (χ1) is 11.0. The number of hydrogen-bond donors (Lipinski definition) is 0. The minimum atomic E-state index is -0.707. The van der Waals surface area contributed by atoms with Crippen LogP contribution in [0.3, 0.4) is 0 Å². The van der Waals surface area contributed by atoms with Crippen LogP contribution in [0, 0.1) is 15.5 Å². The molecule has 1 aliphatic rings. The summed E-state index contributed by atoms with van der Waals surface area (Å²) in [5.74, 6) is 0.384. The lowest BCUT2D eigenvalue weighted by Crippen LogP contribution is -2.53. The predicted molar refractivity (Wildman–Crippen MR) is 88.7 cm³/mol. The number of rotatable bonds is 4. The van der Waals surface area contributed by atoms with E-state index in [1.165, 1.54) is 12.1 Å².